The van der Waals surface area contributed by atoms with Crippen LogP contribution in [0.5, 0.6) is 0 Å². The SMILES string of the molecule is Cc1c(N)ccc2c(=O)c3ccccc3[nH]c12. The summed E-state index contributed by atoms with van der Waals surface area (Å²) in [4.78, 5) is 15.6. The molecule has 0 aliphatic heterocycles. The van der Waals surface area contributed by atoms with Crippen molar-refractivity contribution in [2.75, 3.05) is 5.73 Å². The minimum Gasteiger partial charge on any atom is -0.398 e. The third kappa shape index (κ3) is 1.32. The Hall–Kier alpha value is -2.29. The van der Waals surface area contributed by atoms with Gasteiger partial charge in [-0.1, -0.05) is 12.1 Å². The standard InChI is InChI=1S/C14H12N2O/c1-8-11(15)7-6-10-13(8)16-12-5-3-2-4-9(12)14(10)17/h2-7H,15H2,1H3,(H,16,17). The number of para-hydroxylation sites is 1. The van der Waals surface area contributed by atoms with Gasteiger partial charge in [0, 0.05) is 22.0 Å². The molecule has 0 spiro atoms. The Bertz CT molecular complexity index is 787. The fourth-order valence-corrected chi connectivity index (χ4v) is 2.15. The van der Waals surface area contributed by atoms with Crippen LogP contribution >= 0.6 is 0 Å². The zero-order valence-electron chi connectivity index (χ0n) is 9.45. The summed E-state index contributed by atoms with van der Waals surface area (Å²) in [6, 6.07) is 11.1. The maximum absolute atomic E-state index is 12.3. The first kappa shape index (κ1) is 9.90. The van der Waals surface area contributed by atoms with Gasteiger partial charge in [0.15, 0.2) is 5.43 Å². The van der Waals surface area contributed by atoms with Crippen molar-refractivity contribution < 1.29 is 0 Å². The molecule has 1 aromatic heterocycles. The van der Waals surface area contributed by atoms with Crippen molar-refractivity contribution in [3.63, 3.8) is 0 Å². The quantitative estimate of drug-likeness (QED) is 0.455. The van der Waals surface area contributed by atoms with Crippen LogP contribution < -0.4 is 11.2 Å². The van der Waals surface area contributed by atoms with Crippen molar-refractivity contribution in [3.05, 3.63) is 52.2 Å². The number of hydrogen-bond acceptors (Lipinski definition) is 2. The van der Waals surface area contributed by atoms with E-state index in [4.69, 9.17) is 5.73 Å². The number of hydrogen-bond donors (Lipinski definition) is 2. The number of nitrogens with two attached hydrogens (primary N) is 1. The molecule has 2 aromatic carbocycles. The Morgan fingerprint density at radius 2 is 1.82 bits per heavy atom. The van der Waals surface area contributed by atoms with Crippen molar-refractivity contribution in [1.82, 2.24) is 4.98 Å². The van der Waals surface area contributed by atoms with Gasteiger partial charge in [0.1, 0.15) is 0 Å². The molecule has 0 aliphatic carbocycles. The molecule has 0 fully saturated rings. The van der Waals surface area contributed by atoms with Gasteiger partial charge in [-0.05, 0) is 36.8 Å². The third-order valence-corrected chi connectivity index (χ3v) is 3.18. The first-order chi connectivity index (χ1) is 8.18. The largest absolute Gasteiger partial charge is 0.398 e. The summed E-state index contributed by atoms with van der Waals surface area (Å²) in [7, 11) is 0. The molecule has 0 bridgehead atoms. The molecule has 0 amide bonds. The summed E-state index contributed by atoms with van der Waals surface area (Å²) in [6.45, 7) is 1.92. The molecule has 0 aliphatic rings. The lowest BCUT2D eigenvalue weighted by atomic mass is 10.1. The van der Waals surface area contributed by atoms with E-state index >= 15 is 0 Å². The highest BCUT2D eigenvalue weighted by atomic mass is 16.1. The highest BCUT2D eigenvalue weighted by Gasteiger charge is 2.07. The predicted octanol–water partition coefficient (Wildman–Crippen LogP) is 2.57. The molecule has 3 rings (SSSR count). The number of aromatic amines is 1. The molecule has 1 heterocycles. The highest BCUT2D eigenvalue weighted by Crippen LogP contribution is 2.21. The van der Waals surface area contributed by atoms with Crippen LogP contribution in [-0.4, -0.2) is 4.98 Å². The topological polar surface area (TPSA) is 58.9 Å². The van der Waals surface area contributed by atoms with E-state index in [2.05, 4.69) is 4.98 Å². The van der Waals surface area contributed by atoms with Crippen LogP contribution in [0.4, 0.5) is 5.69 Å². The number of nitrogens with one attached hydrogen (secondary N) is 1. The summed E-state index contributed by atoms with van der Waals surface area (Å²) in [5.41, 5.74) is 9.20. The monoisotopic (exact) mass is 224 g/mol. The van der Waals surface area contributed by atoms with Gasteiger partial charge in [-0.25, -0.2) is 0 Å². The molecular weight excluding hydrogens is 212 g/mol. The van der Waals surface area contributed by atoms with Crippen LogP contribution in [0.25, 0.3) is 21.8 Å². The number of benzene rings is 2. The minimum atomic E-state index is 0.0532. The van der Waals surface area contributed by atoms with E-state index in [1.54, 1.807) is 12.1 Å². The molecule has 3 heteroatoms. The molecule has 0 saturated carbocycles. The second-order valence-electron chi connectivity index (χ2n) is 4.20. The maximum atomic E-state index is 12.3. The molecular formula is C14H12N2O. The van der Waals surface area contributed by atoms with Gasteiger partial charge in [-0.15, -0.1) is 0 Å². The van der Waals surface area contributed by atoms with Gasteiger partial charge >= 0.3 is 0 Å². The molecule has 0 atom stereocenters. The fraction of sp³-hybridized carbons (Fsp3) is 0.0714. The number of fused-ring (bicyclic) bond motifs is 2. The van der Waals surface area contributed by atoms with Gasteiger partial charge in [-0.2, -0.15) is 0 Å². The van der Waals surface area contributed by atoms with E-state index in [9.17, 15) is 4.79 Å². The lowest BCUT2D eigenvalue weighted by Gasteiger charge is -2.07. The Morgan fingerprint density at radius 1 is 1.06 bits per heavy atom. The molecule has 0 saturated heterocycles. The first-order valence-electron chi connectivity index (χ1n) is 5.48. The maximum Gasteiger partial charge on any atom is 0.197 e. The van der Waals surface area contributed by atoms with Crippen LogP contribution in [-0.2, 0) is 0 Å². The normalized spacial score (nSPS) is 11.1. The second-order valence-corrected chi connectivity index (χ2v) is 4.20. The van der Waals surface area contributed by atoms with Gasteiger partial charge in [0.25, 0.3) is 0 Å². The summed E-state index contributed by atoms with van der Waals surface area (Å²) in [6.07, 6.45) is 0. The summed E-state index contributed by atoms with van der Waals surface area (Å²) >= 11 is 0. The van der Waals surface area contributed by atoms with E-state index < -0.39 is 0 Å². The molecule has 84 valence electrons. The number of aryl methyl sites for hydroxylation is 1. The van der Waals surface area contributed by atoms with Crippen LogP contribution in [0.1, 0.15) is 5.56 Å². The molecule has 17 heavy (non-hydrogen) atoms. The van der Waals surface area contributed by atoms with E-state index in [0.29, 0.717) is 16.5 Å². The van der Waals surface area contributed by atoms with Crippen molar-refractivity contribution in [3.8, 4) is 0 Å². The van der Waals surface area contributed by atoms with Gasteiger partial charge in [0.05, 0.1) is 5.52 Å². The zero-order chi connectivity index (χ0) is 12.0. The van der Waals surface area contributed by atoms with Gasteiger partial charge in [-0.3, -0.25) is 4.79 Å². The Morgan fingerprint density at radius 3 is 2.65 bits per heavy atom. The predicted molar refractivity (Wildman–Crippen MR) is 71.2 cm³/mol. The van der Waals surface area contributed by atoms with Crippen molar-refractivity contribution in [2.24, 2.45) is 0 Å². The average Bonchev–Trinajstić information content (AvgIpc) is 2.35. The Labute approximate surface area is 97.9 Å². The third-order valence-electron chi connectivity index (χ3n) is 3.18. The first-order valence-corrected chi connectivity index (χ1v) is 5.48. The number of H-pyrrole nitrogens is 1. The van der Waals surface area contributed by atoms with Crippen molar-refractivity contribution in [1.29, 1.82) is 0 Å². The molecule has 0 radical (unpaired) electrons. The molecule has 3 nitrogen and oxygen atoms in total. The number of anilines is 1. The lowest BCUT2D eigenvalue weighted by molar-refractivity contribution is 1.41. The fourth-order valence-electron chi connectivity index (χ4n) is 2.15. The summed E-state index contributed by atoms with van der Waals surface area (Å²) < 4.78 is 0. The number of aromatic nitrogens is 1. The molecule has 3 aromatic rings. The van der Waals surface area contributed by atoms with E-state index in [1.807, 2.05) is 31.2 Å². The van der Waals surface area contributed by atoms with E-state index in [0.717, 1.165) is 16.6 Å². The lowest BCUT2D eigenvalue weighted by Crippen LogP contribution is -2.05. The smallest absolute Gasteiger partial charge is 0.197 e. The number of rotatable bonds is 0. The molecule has 3 N–H and O–H groups in total. The Kier molecular flexibility index (Phi) is 1.95. The second kappa shape index (κ2) is 3.35. The number of nitrogen functional groups attached to an aromatic ring is 1. The van der Waals surface area contributed by atoms with E-state index in [1.165, 1.54) is 0 Å². The summed E-state index contributed by atoms with van der Waals surface area (Å²) in [5.74, 6) is 0. The summed E-state index contributed by atoms with van der Waals surface area (Å²) in [5, 5.41) is 1.40. The minimum absolute atomic E-state index is 0.0532. The van der Waals surface area contributed by atoms with Gasteiger partial charge in [0.2, 0.25) is 0 Å². The number of pyridine rings is 1. The Balaban J connectivity index is 2.64. The average molecular weight is 224 g/mol. The van der Waals surface area contributed by atoms with Crippen LogP contribution in [0.3, 0.4) is 0 Å². The van der Waals surface area contributed by atoms with Crippen LogP contribution in [0.15, 0.2) is 41.2 Å². The zero-order valence-corrected chi connectivity index (χ0v) is 9.45. The van der Waals surface area contributed by atoms with Crippen molar-refractivity contribution in [2.45, 2.75) is 6.92 Å². The van der Waals surface area contributed by atoms with Gasteiger partial charge < -0.3 is 10.7 Å². The van der Waals surface area contributed by atoms with Crippen LogP contribution in [0.2, 0.25) is 0 Å². The van der Waals surface area contributed by atoms with Crippen LogP contribution in [0, 0.1) is 6.92 Å². The van der Waals surface area contributed by atoms with E-state index in [-0.39, 0.29) is 5.43 Å². The highest BCUT2D eigenvalue weighted by molar-refractivity contribution is 5.95. The molecule has 0 unspecified atom stereocenters. The van der Waals surface area contributed by atoms with Crippen molar-refractivity contribution >= 4 is 27.5 Å².